The molecule has 1 heterocycles. The molecule has 0 saturated heterocycles. The van der Waals surface area contributed by atoms with Crippen LogP contribution in [0.2, 0.25) is 0 Å². The third kappa shape index (κ3) is 5.35. The highest BCUT2D eigenvalue weighted by atomic mass is 16.5. The smallest absolute Gasteiger partial charge is 0.333 e. The van der Waals surface area contributed by atoms with Crippen LogP contribution in [0.15, 0.2) is 42.5 Å². The second-order valence-corrected chi connectivity index (χ2v) is 7.25. The molecule has 1 aliphatic heterocycles. The SMILES string of the molecule is CCOC(Cc1ccc(CCCN2COc3cc(C)ccc3C2=O)cc1)C(=O)O. The van der Waals surface area contributed by atoms with Crippen LogP contribution in [-0.4, -0.2) is 47.9 Å². The lowest BCUT2D eigenvalue weighted by Crippen LogP contribution is -2.39. The fourth-order valence-electron chi connectivity index (χ4n) is 3.42. The summed E-state index contributed by atoms with van der Waals surface area (Å²) in [6, 6.07) is 13.5. The number of carbonyl (C=O) groups excluding carboxylic acids is 1. The fourth-order valence-corrected chi connectivity index (χ4v) is 3.42. The second-order valence-electron chi connectivity index (χ2n) is 7.25. The summed E-state index contributed by atoms with van der Waals surface area (Å²) >= 11 is 0. The molecule has 1 aliphatic rings. The van der Waals surface area contributed by atoms with E-state index < -0.39 is 12.1 Å². The first kappa shape index (κ1) is 20.9. The van der Waals surface area contributed by atoms with Gasteiger partial charge in [-0.15, -0.1) is 0 Å². The number of hydrogen-bond donors (Lipinski definition) is 1. The maximum absolute atomic E-state index is 12.6. The van der Waals surface area contributed by atoms with E-state index in [4.69, 9.17) is 9.47 Å². The van der Waals surface area contributed by atoms with E-state index in [-0.39, 0.29) is 12.6 Å². The summed E-state index contributed by atoms with van der Waals surface area (Å²) in [6.45, 7) is 5.04. The van der Waals surface area contributed by atoms with Crippen molar-refractivity contribution in [1.29, 1.82) is 0 Å². The van der Waals surface area contributed by atoms with Crippen LogP contribution in [0.4, 0.5) is 0 Å². The summed E-state index contributed by atoms with van der Waals surface area (Å²) in [5.41, 5.74) is 3.78. The van der Waals surface area contributed by atoms with Crippen LogP contribution in [0.5, 0.6) is 5.75 Å². The zero-order chi connectivity index (χ0) is 20.8. The van der Waals surface area contributed by atoms with Crippen LogP contribution in [0.1, 0.15) is 40.4 Å². The number of carbonyl (C=O) groups is 2. The summed E-state index contributed by atoms with van der Waals surface area (Å²) in [4.78, 5) is 25.5. The Morgan fingerprint density at radius 1 is 1.21 bits per heavy atom. The molecule has 29 heavy (non-hydrogen) atoms. The molecule has 6 heteroatoms. The van der Waals surface area contributed by atoms with Gasteiger partial charge in [-0.25, -0.2) is 4.79 Å². The normalized spacial score (nSPS) is 14.3. The van der Waals surface area contributed by atoms with Crippen molar-refractivity contribution < 1.29 is 24.2 Å². The fraction of sp³-hybridized carbons (Fsp3) is 0.391. The zero-order valence-corrected chi connectivity index (χ0v) is 16.9. The van der Waals surface area contributed by atoms with Crippen LogP contribution < -0.4 is 4.74 Å². The van der Waals surface area contributed by atoms with Gasteiger partial charge in [0.15, 0.2) is 12.8 Å². The van der Waals surface area contributed by atoms with E-state index >= 15 is 0 Å². The van der Waals surface area contributed by atoms with Gasteiger partial charge in [0.2, 0.25) is 0 Å². The molecule has 3 rings (SSSR count). The van der Waals surface area contributed by atoms with Crippen molar-refractivity contribution in [1.82, 2.24) is 4.90 Å². The Balaban J connectivity index is 1.50. The van der Waals surface area contributed by atoms with E-state index in [0.717, 1.165) is 29.5 Å². The van der Waals surface area contributed by atoms with Crippen molar-refractivity contribution in [2.45, 2.75) is 39.2 Å². The lowest BCUT2D eigenvalue weighted by molar-refractivity contribution is -0.149. The molecule has 2 aromatic rings. The molecule has 6 nitrogen and oxygen atoms in total. The number of carboxylic acid groups (broad SMARTS) is 1. The van der Waals surface area contributed by atoms with Crippen LogP contribution in [0.3, 0.4) is 0 Å². The molecule has 1 unspecified atom stereocenters. The average Bonchev–Trinajstić information content (AvgIpc) is 2.70. The third-order valence-corrected chi connectivity index (χ3v) is 5.01. The van der Waals surface area contributed by atoms with Gasteiger partial charge in [-0.05, 0) is 55.5 Å². The van der Waals surface area contributed by atoms with Crippen molar-refractivity contribution in [3.8, 4) is 5.75 Å². The van der Waals surface area contributed by atoms with Gasteiger partial charge >= 0.3 is 5.97 Å². The van der Waals surface area contributed by atoms with Crippen molar-refractivity contribution in [3.05, 3.63) is 64.7 Å². The van der Waals surface area contributed by atoms with Gasteiger partial charge in [0.1, 0.15) is 5.75 Å². The molecule has 0 aliphatic carbocycles. The van der Waals surface area contributed by atoms with Gasteiger partial charge in [-0.2, -0.15) is 0 Å². The van der Waals surface area contributed by atoms with Crippen molar-refractivity contribution in [2.75, 3.05) is 19.9 Å². The number of aliphatic carboxylic acids is 1. The topological polar surface area (TPSA) is 76.1 Å². The lowest BCUT2D eigenvalue weighted by atomic mass is 10.0. The number of benzene rings is 2. The average molecular weight is 397 g/mol. The largest absolute Gasteiger partial charge is 0.479 e. The number of aryl methyl sites for hydroxylation is 2. The van der Waals surface area contributed by atoms with Gasteiger partial charge in [0, 0.05) is 19.6 Å². The number of ether oxygens (including phenoxy) is 2. The summed E-state index contributed by atoms with van der Waals surface area (Å²) in [5.74, 6) is -0.271. The molecule has 0 saturated carbocycles. The minimum Gasteiger partial charge on any atom is -0.479 e. The highest BCUT2D eigenvalue weighted by Gasteiger charge is 2.25. The maximum Gasteiger partial charge on any atom is 0.333 e. The van der Waals surface area contributed by atoms with E-state index in [1.807, 2.05) is 49.4 Å². The van der Waals surface area contributed by atoms with Crippen LogP contribution in [0, 0.1) is 6.92 Å². The highest BCUT2D eigenvalue weighted by Crippen LogP contribution is 2.26. The molecule has 0 aromatic heterocycles. The first-order valence-corrected chi connectivity index (χ1v) is 9.93. The number of nitrogens with zero attached hydrogens (tertiary/aromatic N) is 1. The Labute approximate surface area is 171 Å². The Kier molecular flexibility index (Phi) is 6.88. The molecule has 1 N–H and O–H groups in total. The summed E-state index contributed by atoms with van der Waals surface area (Å²) in [5, 5.41) is 9.19. The molecular weight excluding hydrogens is 370 g/mol. The third-order valence-electron chi connectivity index (χ3n) is 5.01. The second kappa shape index (κ2) is 9.56. The molecular formula is C23H27NO5. The van der Waals surface area contributed by atoms with E-state index in [9.17, 15) is 14.7 Å². The lowest BCUT2D eigenvalue weighted by Gasteiger charge is -2.29. The van der Waals surface area contributed by atoms with Gasteiger partial charge in [-0.1, -0.05) is 30.3 Å². The molecule has 154 valence electrons. The molecule has 0 bridgehead atoms. The highest BCUT2D eigenvalue weighted by molar-refractivity contribution is 5.97. The van der Waals surface area contributed by atoms with Gasteiger partial charge in [0.25, 0.3) is 5.91 Å². The first-order valence-electron chi connectivity index (χ1n) is 9.93. The van der Waals surface area contributed by atoms with Crippen LogP contribution in [0.25, 0.3) is 0 Å². The first-order chi connectivity index (χ1) is 14.0. The number of hydrogen-bond acceptors (Lipinski definition) is 4. The van der Waals surface area contributed by atoms with E-state index in [1.165, 1.54) is 0 Å². The molecule has 1 atom stereocenters. The number of rotatable bonds is 9. The molecule has 2 aromatic carbocycles. The van der Waals surface area contributed by atoms with Gasteiger partial charge in [-0.3, -0.25) is 4.79 Å². The predicted molar refractivity (Wildman–Crippen MR) is 109 cm³/mol. The van der Waals surface area contributed by atoms with Crippen molar-refractivity contribution >= 4 is 11.9 Å². The maximum atomic E-state index is 12.6. The van der Waals surface area contributed by atoms with E-state index in [2.05, 4.69) is 0 Å². The standard InChI is InChI=1S/C23H27NO5/c1-3-28-21(23(26)27)14-18-9-7-17(8-10-18)5-4-12-24-15-29-20-13-16(2)6-11-19(20)22(24)25/h6-11,13,21H,3-5,12,14-15H2,1-2H3,(H,26,27). The monoisotopic (exact) mass is 397 g/mol. The Hall–Kier alpha value is -2.86. The summed E-state index contributed by atoms with van der Waals surface area (Å²) < 4.78 is 11.0. The molecule has 0 spiro atoms. The Morgan fingerprint density at radius 2 is 1.93 bits per heavy atom. The number of amides is 1. The minimum atomic E-state index is -0.943. The van der Waals surface area contributed by atoms with Crippen LogP contribution >= 0.6 is 0 Å². The molecule has 1 amide bonds. The van der Waals surface area contributed by atoms with Crippen molar-refractivity contribution in [3.63, 3.8) is 0 Å². The van der Waals surface area contributed by atoms with Gasteiger partial charge < -0.3 is 19.5 Å². The predicted octanol–water partition coefficient (Wildman–Crippen LogP) is 3.45. The molecule has 0 radical (unpaired) electrons. The van der Waals surface area contributed by atoms with E-state index in [1.54, 1.807) is 11.8 Å². The zero-order valence-electron chi connectivity index (χ0n) is 16.9. The summed E-state index contributed by atoms with van der Waals surface area (Å²) in [7, 11) is 0. The van der Waals surface area contributed by atoms with Gasteiger partial charge in [0.05, 0.1) is 5.56 Å². The minimum absolute atomic E-state index is 0.0113. The van der Waals surface area contributed by atoms with E-state index in [0.29, 0.717) is 30.9 Å². The Bertz CT molecular complexity index is 862. The number of fused-ring (bicyclic) bond motifs is 1. The quantitative estimate of drug-likeness (QED) is 0.701. The Morgan fingerprint density at radius 3 is 2.62 bits per heavy atom. The summed E-state index contributed by atoms with van der Waals surface area (Å²) in [6.07, 6.45) is 1.19. The molecule has 0 fully saturated rings. The number of carboxylic acids is 1. The van der Waals surface area contributed by atoms with Crippen molar-refractivity contribution in [2.24, 2.45) is 0 Å². The van der Waals surface area contributed by atoms with Crippen LogP contribution in [-0.2, 0) is 22.4 Å².